The van der Waals surface area contributed by atoms with Gasteiger partial charge in [-0.15, -0.1) is 0 Å². The molecule has 46 heavy (non-hydrogen) atoms. The van der Waals surface area contributed by atoms with Gasteiger partial charge in [0.05, 0.1) is 26.7 Å². The summed E-state index contributed by atoms with van der Waals surface area (Å²) in [5.41, 5.74) is 2.70. The lowest BCUT2D eigenvalue weighted by molar-refractivity contribution is -0.131. The van der Waals surface area contributed by atoms with E-state index in [-0.39, 0.29) is 28.9 Å². The van der Waals surface area contributed by atoms with E-state index < -0.39 is 12.3 Å². The number of aliphatic hydroxyl groups excluding tert-OH is 1. The summed E-state index contributed by atoms with van der Waals surface area (Å²) in [6, 6.07) is 11.2. The maximum atomic E-state index is 16.2. The van der Waals surface area contributed by atoms with Gasteiger partial charge in [-0.1, -0.05) is 44.7 Å². The van der Waals surface area contributed by atoms with Crippen LogP contribution in [0.1, 0.15) is 100 Å². The molecule has 6 nitrogen and oxygen atoms in total. The summed E-state index contributed by atoms with van der Waals surface area (Å²) >= 11 is 0. The van der Waals surface area contributed by atoms with Crippen molar-refractivity contribution < 1.29 is 28.9 Å². The van der Waals surface area contributed by atoms with E-state index in [1.807, 2.05) is 30.3 Å². The van der Waals surface area contributed by atoms with Gasteiger partial charge in [-0.25, -0.2) is 4.39 Å². The van der Waals surface area contributed by atoms with E-state index in [0.717, 1.165) is 68.3 Å². The Kier molecular flexibility index (Phi) is 10.2. The number of nitrogens with zero attached hydrogens (tertiary/aromatic N) is 1. The van der Waals surface area contributed by atoms with Crippen LogP contribution < -0.4 is 9.47 Å². The van der Waals surface area contributed by atoms with E-state index in [0.29, 0.717) is 42.1 Å². The molecule has 3 unspecified atom stereocenters. The minimum absolute atomic E-state index is 0.156. The summed E-state index contributed by atoms with van der Waals surface area (Å²) in [6.45, 7) is 3.66. The van der Waals surface area contributed by atoms with Crippen LogP contribution in [0, 0.1) is 29.1 Å². The van der Waals surface area contributed by atoms with Gasteiger partial charge >= 0.3 is 0 Å². The number of ether oxygens (including phenoxy) is 2. The molecule has 2 aromatic carbocycles. The molecular formula is C39H54FNO5. The van der Waals surface area contributed by atoms with Gasteiger partial charge in [0.15, 0.2) is 11.5 Å². The van der Waals surface area contributed by atoms with E-state index in [1.165, 1.54) is 32.1 Å². The number of phenolic OH excluding ortho intramolecular Hbond substituents is 1. The fraction of sp³-hybridized carbons (Fsp3) is 0.667. The molecule has 0 saturated heterocycles. The van der Waals surface area contributed by atoms with Crippen LogP contribution in [0.4, 0.5) is 4.39 Å². The summed E-state index contributed by atoms with van der Waals surface area (Å²) in [4.78, 5) is 15.9. The first kappa shape index (κ1) is 33.1. The molecule has 2 aromatic rings. The lowest BCUT2D eigenvalue weighted by Gasteiger charge is -2.54. The molecule has 0 spiro atoms. The average molecular weight is 636 g/mol. The quantitative estimate of drug-likeness (QED) is 0.249. The number of carbonyl (C=O) groups excluding carboxylic acids is 1. The predicted molar refractivity (Wildman–Crippen MR) is 178 cm³/mol. The third-order valence-electron chi connectivity index (χ3n) is 12.4. The molecule has 0 bridgehead atoms. The number of halogens is 1. The number of carbonyl (C=O) groups is 1. The van der Waals surface area contributed by atoms with Crippen molar-refractivity contribution in [3.63, 3.8) is 0 Å². The Hall–Kier alpha value is -2.80. The average Bonchev–Trinajstić information content (AvgIpc) is 3.35. The molecule has 6 rings (SSSR count). The number of hydrogen-bond acceptors (Lipinski definition) is 5. The van der Waals surface area contributed by atoms with E-state index >= 15 is 4.39 Å². The first-order valence-electron chi connectivity index (χ1n) is 17.8. The van der Waals surface area contributed by atoms with Gasteiger partial charge in [0.25, 0.3) is 0 Å². The third kappa shape index (κ3) is 6.63. The van der Waals surface area contributed by atoms with Gasteiger partial charge in [-0.2, -0.15) is 0 Å². The van der Waals surface area contributed by atoms with E-state index in [9.17, 15) is 15.0 Å². The van der Waals surface area contributed by atoms with Crippen molar-refractivity contribution >= 4 is 5.91 Å². The van der Waals surface area contributed by atoms with E-state index in [2.05, 4.69) is 11.8 Å². The van der Waals surface area contributed by atoms with Crippen LogP contribution in [0.5, 0.6) is 17.2 Å². The van der Waals surface area contributed by atoms with Crippen molar-refractivity contribution in [1.82, 2.24) is 4.90 Å². The number of methoxy groups -OCH3 is 2. The van der Waals surface area contributed by atoms with Crippen molar-refractivity contribution in [1.29, 1.82) is 0 Å². The highest BCUT2D eigenvalue weighted by molar-refractivity contribution is 5.79. The smallest absolute Gasteiger partial charge is 0.227 e. The lowest BCUT2D eigenvalue weighted by Crippen LogP contribution is -2.51. The van der Waals surface area contributed by atoms with Crippen LogP contribution in [0.25, 0.3) is 0 Å². The summed E-state index contributed by atoms with van der Waals surface area (Å²) in [7, 11) is 3.23. The van der Waals surface area contributed by atoms with Crippen molar-refractivity contribution in [2.24, 2.45) is 29.1 Å². The zero-order chi connectivity index (χ0) is 32.4. The zero-order valence-electron chi connectivity index (χ0n) is 28.1. The highest BCUT2D eigenvalue weighted by atomic mass is 19.1. The maximum Gasteiger partial charge on any atom is 0.227 e. The monoisotopic (exact) mass is 635 g/mol. The van der Waals surface area contributed by atoms with E-state index in [1.54, 1.807) is 20.3 Å². The molecular weight excluding hydrogens is 581 g/mol. The zero-order valence-corrected chi connectivity index (χ0v) is 28.1. The van der Waals surface area contributed by atoms with Gasteiger partial charge in [0, 0.05) is 19.0 Å². The first-order chi connectivity index (χ1) is 22.2. The fourth-order valence-corrected chi connectivity index (χ4v) is 10.0. The summed E-state index contributed by atoms with van der Waals surface area (Å²) < 4.78 is 27.0. The summed E-state index contributed by atoms with van der Waals surface area (Å²) in [5, 5.41) is 21.3. The standard InChI is InChI=1S/C39H54FNO5/c1-39-23-32(40)38-30-14-13-29(42)22-28(30)21-27(37(38)31(39)15-17-35(39)43)11-7-8-18-41(24-25-9-5-4-6-10-25)36(44)20-26-12-16-33(45-2)34(19-26)46-3/h12-14,16,19,22,25,27,31-32,35,37-38,42-43H,4-11,15,17-18,20-21,23-24H2,1-3H3/t27-,31?,32+,35+,37?,38?,39+/m1/s1. The van der Waals surface area contributed by atoms with Gasteiger partial charge in [-0.05, 0) is 121 Å². The number of benzene rings is 2. The highest BCUT2D eigenvalue weighted by Crippen LogP contribution is 2.63. The largest absolute Gasteiger partial charge is 0.508 e. The van der Waals surface area contributed by atoms with Crippen molar-refractivity contribution in [2.45, 2.75) is 109 Å². The Bertz CT molecular complexity index is 1360. The SMILES string of the molecule is COc1ccc(CC(=O)N(CCCC[C@@H]2Cc3cc(O)ccc3C3C2C2CC[C@H](O)[C@@]2(C)C[C@@H]3F)CC2CCCCC2)cc1OC. The third-order valence-corrected chi connectivity index (χ3v) is 12.4. The molecule has 4 aliphatic rings. The minimum atomic E-state index is -0.995. The minimum Gasteiger partial charge on any atom is -0.508 e. The predicted octanol–water partition coefficient (Wildman–Crippen LogP) is 7.62. The fourth-order valence-electron chi connectivity index (χ4n) is 10.0. The number of amides is 1. The van der Waals surface area contributed by atoms with Crippen LogP contribution >= 0.6 is 0 Å². The maximum absolute atomic E-state index is 16.2. The van der Waals surface area contributed by atoms with Crippen LogP contribution in [0.2, 0.25) is 0 Å². The number of hydrogen-bond donors (Lipinski definition) is 2. The Morgan fingerprint density at radius 1 is 1.00 bits per heavy atom. The van der Waals surface area contributed by atoms with Crippen LogP contribution in [0.15, 0.2) is 36.4 Å². The van der Waals surface area contributed by atoms with Crippen molar-refractivity contribution in [3.8, 4) is 17.2 Å². The highest BCUT2D eigenvalue weighted by Gasteiger charge is 2.59. The molecule has 0 heterocycles. The summed E-state index contributed by atoms with van der Waals surface area (Å²) in [6.07, 6.45) is 10.8. The molecule has 2 N–H and O–H groups in total. The molecule has 3 saturated carbocycles. The molecule has 0 aromatic heterocycles. The second kappa shape index (κ2) is 14.1. The Morgan fingerprint density at radius 2 is 1.78 bits per heavy atom. The Balaban J connectivity index is 1.15. The number of fused-ring (bicyclic) bond motifs is 5. The number of aromatic hydroxyl groups is 1. The van der Waals surface area contributed by atoms with Gasteiger partial charge in [-0.3, -0.25) is 4.79 Å². The van der Waals surface area contributed by atoms with Crippen LogP contribution in [0.3, 0.4) is 0 Å². The van der Waals surface area contributed by atoms with Crippen molar-refractivity contribution in [3.05, 3.63) is 53.1 Å². The molecule has 252 valence electrons. The molecule has 0 aliphatic heterocycles. The number of aliphatic hydroxyl groups is 1. The topological polar surface area (TPSA) is 79.2 Å². The van der Waals surface area contributed by atoms with Gasteiger partial charge in [0.1, 0.15) is 11.9 Å². The second-order valence-electron chi connectivity index (χ2n) is 15.1. The second-order valence-corrected chi connectivity index (χ2v) is 15.1. The molecule has 0 radical (unpaired) electrons. The first-order valence-corrected chi connectivity index (χ1v) is 17.8. The summed E-state index contributed by atoms with van der Waals surface area (Å²) in [5.74, 6) is 2.86. The Morgan fingerprint density at radius 3 is 2.54 bits per heavy atom. The number of phenols is 1. The van der Waals surface area contributed by atoms with Gasteiger partial charge in [0.2, 0.25) is 5.91 Å². The number of rotatable bonds is 11. The Labute approximate surface area is 274 Å². The van der Waals surface area contributed by atoms with Crippen LogP contribution in [-0.2, 0) is 17.6 Å². The van der Waals surface area contributed by atoms with Crippen LogP contribution in [-0.4, -0.2) is 60.6 Å². The molecule has 3 fully saturated rings. The van der Waals surface area contributed by atoms with Crippen molar-refractivity contribution in [2.75, 3.05) is 27.3 Å². The molecule has 7 heteroatoms. The molecule has 7 atom stereocenters. The number of unbranched alkanes of at least 4 members (excludes halogenated alkanes) is 1. The molecule has 4 aliphatic carbocycles. The van der Waals surface area contributed by atoms with E-state index in [4.69, 9.17) is 9.47 Å². The molecule has 1 amide bonds. The lowest BCUT2D eigenvalue weighted by atomic mass is 9.51. The van der Waals surface area contributed by atoms with Gasteiger partial charge < -0.3 is 24.6 Å². The normalized spacial score (nSPS) is 30.6. The number of alkyl halides is 1.